The van der Waals surface area contributed by atoms with E-state index in [4.69, 9.17) is 20.2 Å². The van der Waals surface area contributed by atoms with Crippen LogP contribution in [-0.4, -0.2) is 24.3 Å². The Labute approximate surface area is 176 Å². The number of phenols is 1. The van der Waals surface area contributed by atoms with E-state index in [1.165, 1.54) is 52.7 Å². The van der Waals surface area contributed by atoms with Gasteiger partial charge in [-0.15, -0.1) is 0 Å². The van der Waals surface area contributed by atoms with Crippen molar-refractivity contribution in [3.63, 3.8) is 0 Å². The Morgan fingerprint density at radius 3 is 2.03 bits per heavy atom. The monoisotopic (exact) mass is 405 g/mol. The van der Waals surface area contributed by atoms with E-state index >= 15 is 0 Å². The van der Waals surface area contributed by atoms with Gasteiger partial charge >= 0.3 is 0 Å². The molecule has 30 heavy (non-hydrogen) atoms. The third-order valence-corrected chi connectivity index (χ3v) is 7.53. The summed E-state index contributed by atoms with van der Waals surface area (Å²) >= 11 is 0. The Kier molecular flexibility index (Phi) is 4.32. The smallest absolute Gasteiger partial charge is 0.200 e. The SMILES string of the molecule is COc1cc(-c2cc(C34CC5CC(CC(C5)C3)C4)nc(N)c2C#N)cc(OC)c1O. The normalized spacial score (nSPS) is 28.9. The molecule has 0 aliphatic heterocycles. The number of nitrogens with zero attached hydrogens (tertiary/aromatic N) is 2. The molecule has 156 valence electrons. The maximum Gasteiger partial charge on any atom is 0.200 e. The predicted molar refractivity (Wildman–Crippen MR) is 113 cm³/mol. The summed E-state index contributed by atoms with van der Waals surface area (Å²) in [6, 6.07) is 7.71. The Hall–Kier alpha value is -2.94. The average Bonchev–Trinajstić information content (AvgIpc) is 2.72. The predicted octanol–water partition coefficient (Wildman–Crippen LogP) is 4.39. The van der Waals surface area contributed by atoms with Crippen LogP contribution >= 0.6 is 0 Å². The van der Waals surface area contributed by atoms with Crippen LogP contribution in [0.1, 0.15) is 49.8 Å². The topological polar surface area (TPSA) is 101 Å². The summed E-state index contributed by atoms with van der Waals surface area (Å²) in [4.78, 5) is 4.77. The molecule has 6 nitrogen and oxygen atoms in total. The summed E-state index contributed by atoms with van der Waals surface area (Å²) in [6.45, 7) is 0. The maximum atomic E-state index is 10.3. The molecule has 4 aliphatic carbocycles. The Morgan fingerprint density at radius 1 is 1.03 bits per heavy atom. The van der Waals surface area contributed by atoms with Gasteiger partial charge in [0.2, 0.25) is 5.75 Å². The molecule has 6 rings (SSSR count). The maximum absolute atomic E-state index is 10.3. The molecule has 0 amide bonds. The number of nitrogen functional groups attached to an aromatic ring is 1. The summed E-state index contributed by atoms with van der Waals surface area (Å²) in [5, 5.41) is 20.1. The molecular weight excluding hydrogens is 378 g/mol. The second-order valence-electron chi connectivity index (χ2n) is 9.35. The summed E-state index contributed by atoms with van der Waals surface area (Å²) in [7, 11) is 2.98. The van der Waals surface area contributed by atoms with Gasteiger partial charge in [-0.05, 0) is 80.0 Å². The molecule has 2 aromatic rings. The van der Waals surface area contributed by atoms with E-state index < -0.39 is 0 Å². The standard InChI is InChI=1S/C24H27N3O3/c1-29-19-6-16(7-20(30-2)22(19)28)17-8-21(27-23(26)18(17)12-25)24-9-13-3-14(10-24)5-15(4-13)11-24/h6-8,13-15,28H,3-5,9-11H2,1-2H3,(H2,26,27). The van der Waals surface area contributed by atoms with Crippen LogP contribution in [0.5, 0.6) is 17.2 Å². The average molecular weight is 405 g/mol. The van der Waals surface area contributed by atoms with Crippen molar-refractivity contribution in [2.45, 2.75) is 43.9 Å². The highest BCUT2D eigenvalue weighted by Gasteiger charge is 2.52. The molecule has 1 heterocycles. The minimum absolute atomic E-state index is 0.0643. The number of hydrogen-bond acceptors (Lipinski definition) is 6. The largest absolute Gasteiger partial charge is 0.502 e. The van der Waals surface area contributed by atoms with E-state index in [0.29, 0.717) is 22.6 Å². The van der Waals surface area contributed by atoms with Crippen molar-refractivity contribution < 1.29 is 14.6 Å². The number of rotatable bonds is 4. The number of anilines is 1. The van der Waals surface area contributed by atoms with Gasteiger partial charge < -0.3 is 20.3 Å². The first-order valence-corrected chi connectivity index (χ1v) is 10.6. The zero-order valence-corrected chi connectivity index (χ0v) is 17.4. The Balaban J connectivity index is 1.67. The molecule has 0 spiro atoms. The molecular formula is C24H27N3O3. The van der Waals surface area contributed by atoms with E-state index in [9.17, 15) is 10.4 Å². The lowest BCUT2D eigenvalue weighted by Crippen LogP contribution is -2.49. The first kappa shape index (κ1) is 19.0. The molecule has 0 radical (unpaired) electrons. The van der Waals surface area contributed by atoms with Crippen molar-refractivity contribution in [2.24, 2.45) is 17.8 Å². The van der Waals surface area contributed by atoms with E-state index in [0.717, 1.165) is 29.0 Å². The first-order valence-electron chi connectivity index (χ1n) is 10.6. The molecule has 0 atom stereocenters. The molecule has 0 saturated heterocycles. The summed E-state index contributed by atoms with van der Waals surface area (Å²) in [5.41, 5.74) is 9.17. The number of benzene rings is 1. The fraction of sp³-hybridized carbons (Fsp3) is 0.500. The molecule has 4 saturated carbocycles. The molecule has 0 unspecified atom stereocenters. The van der Waals surface area contributed by atoms with Crippen molar-refractivity contribution in [3.05, 3.63) is 29.5 Å². The van der Waals surface area contributed by atoms with Crippen LogP contribution in [0.2, 0.25) is 0 Å². The van der Waals surface area contributed by atoms with Gasteiger partial charge in [0.15, 0.2) is 11.5 Å². The fourth-order valence-electron chi connectivity index (χ4n) is 6.65. The molecule has 4 aliphatic rings. The van der Waals surface area contributed by atoms with Gasteiger partial charge in [-0.2, -0.15) is 5.26 Å². The second kappa shape index (κ2) is 6.80. The number of nitriles is 1. The molecule has 4 fully saturated rings. The zero-order valence-electron chi connectivity index (χ0n) is 17.4. The number of ether oxygens (including phenoxy) is 2. The minimum Gasteiger partial charge on any atom is -0.502 e. The van der Waals surface area contributed by atoms with Crippen LogP contribution < -0.4 is 15.2 Å². The molecule has 3 N–H and O–H groups in total. The van der Waals surface area contributed by atoms with Crippen LogP contribution in [0.3, 0.4) is 0 Å². The van der Waals surface area contributed by atoms with E-state index in [1.54, 1.807) is 12.1 Å². The lowest BCUT2D eigenvalue weighted by molar-refractivity contribution is -0.00711. The molecule has 1 aromatic carbocycles. The Bertz CT molecular complexity index is 996. The number of hydrogen-bond donors (Lipinski definition) is 2. The van der Waals surface area contributed by atoms with Gasteiger partial charge in [-0.25, -0.2) is 4.98 Å². The Morgan fingerprint density at radius 2 is 1.57 bits per heavy atom. The van der Waals surface area contributed by atoms with Crippen molar-refractivity contribution in [1.82, 2.24) is 4.98 Å². The van der Waals surface area contributed by atoms with Gasteiger partial charge in [0.1, 0.15) is 17.5 Å². The fourth-order valence-corrected chi connectivity index (χ4v) is 6.65. The number of aromatic nitrogens is 1. The van der Waals surface area contributed by atoms with Crippen molar-refractivity contribution in [2.75, 3.05) is 20.0 Å². The van der Waals surface area contributed by atoms with Crippen LogP contribution in [0.15, 0.2) is 18.2 Å². The molecule has 4 bridgehead atoms. The summed E-state index contributed by atoms with van der Waals surface area (Å²) in [5.74, 6) is 3.14. The number of aromatic hydroxyl groups is 1. The minimum atomic E-state index is -0.0643. The van der Waals surface area contributed by atoms with Gasteiger partial charge in [-0.3, -0.25) is 0 Å². The zero-order chi connectivity index (χ0) is 21.0. The molecule has 1 aromatic heterocycles. The molecule has 6 heteroatoms. The van der Waals surface area contributed by atoms with Gasteiger partial charge in [0.25, 0.3) is 0 Å². The third kappa shape index (κ3) is 2.79. The van der Waals surface area contributed by atoms with Crippen LogP contribution in [0.4, 0.5) is 5.82 Å². The van der Waals surface area contributed by atoms with Crippen molar-refractivity contribution in [3.8, 4) is 34.4 Å². The van der Waals surface area contributed by atoms with Gasteiger partial charge in [0.05, 0.1) is 14.2 Å². The summed E-state index contributed by atoms with van der Waals surface area (Å²) < 4.78 is 10.6. The van der Waals surface area contributed by atoms with Crippen LogP contribution in [-0.2, 0) is 5.41 Å². The van der Waals surface area contributed by atoms with Crippen molar-refractivity contribution >= 4 is 5.82 Å². The van der Waals surface area contributed by atoms with Crippen molar-refractivity contribution in [1.29, 1.82) is 5.26 Å². The highest BCUT2D eigenvalue weighted by atomic mass is 16.5. The number of pyridine rings is 1. The third-order valence-electron chi connectivity index (χ3n) is 7.53. The number of methoxy groups -OCH3 is 2. The lowest BCUT2D eigenvalue weighted by Gasteiger charge is -2.56. The first-order chi connectivity index (χ1) is 14.5. The number of phenolic OH excluding ortho intramolecular Hbond substituents is 1. The summed E-state index contributed by atoms with van der Waals surface area (Å²) in [6.07, 6.45) is 7.55. The van der Waals surface area contributed by atoms with Gasteiger partial charge in [0, 0.05) is 16.7 Å². The van der Waals surface area contributed by atoms with Crippen LogP contribution in [0, 0.1) is 29.1 Å². The van der Waals surface area contributed by atoms with Crippen LogP contribution in [0.25, 0.3) is 11.1 Å². The van der Waals surface area contributed by atoms with E-state index in [-0.39, 0.29) is 17.0 Å². The highest BCUT2D eigenvalue weighted by Crippen LogP contribution is 2.60. The lowest BCUT2D eigenvalue weighted by atomic mass is 9.48. The number of nitrogens with two attached hydrogens (primary N) is 1. The van der Waals surface area contributed by atoms with Gasteiger partial charge in [-0.1, -0.05) is 0 Å². The second-order valence-corrected chi connectivity index (χ2v) is 9.35. The van der Waals surface area contributed by atoms with E-state index in [2.05, 4.69) is 6.07 Å². The van der Waals surface area contributed by atoms with E-state index in [1.807, 2.05) is 6.07 Å². The quantitative estimate of drug-likeness (QED) is 0.782. The highest BCUT2D eigenvalue weighted by molar-refractivity contribution is 5.79.